The van der Waals surface area contributed by atoms with Crippen molar-refractivity contribution >= 4 is 39.9 Å². The molecule has 0 saturated carbocycles. The Bertz CT molecular complexity index is 1080. The summed E-state index contributed by atoms with van der Waals surface area (Å²) in [6.45, 7) is 2.32. The van der Waals surface area contributed by atoms with Crippen LogP contribution in [0, 0.1) is 0 Å². The highest BCUT2D eigenvalue weighted by atomic mass is 35.5. The van der Waals surface area contributed by atoms with Crippen molar-refractivity contribution in [3.8, 4) is 5.75 Å². The average Bonchev–Trinajstić information content (AvgIpc) is 2.97. The number of amides is 2. The Balaban J connectivity index is 1.42. The molecule has 0 aromatic heterocycles. The molecule has 3 aromatic carbocycles. The van der Waals surface area contributed by atoms with Gasteiger partial charge in [0, 0.05) is 19.0 Å². The van der Waals surface area contributed by atoms with Crippen molar-refractivity contribution in [2.45, 2.75) is 19.4 Å². The van der Waals surface area contributed by atoms with Crippen LogP contribution in [-0.4, -0.2) is 25.0 Å². The fraction of sp³-hybridized carbons (Fsp3) is 0.217. The molecule has 5 nitrogen and oxygen atoms in total. The Morgan fingerprint density at radius 2 is 1.90 bits per heavy atom. The normalized spacial score (nSPS) is 15.4. The van der Waals surface area contributed by atoms with E-state index in [1.807, 2.05) is 42.5 Å². The number of fused-ring (bicyclic) bond motifs is 2. The predicted octanol–water partition coefficient (Wildman–Crippen LogP) is 4.49. The summed E-state index contributed by atoms with van der Waals surface area (Å²) in [7, 11) is 0. The van der Waals surface area contributed by atoms with E-state index < -0.39 is 6.04 Å². The van der Waals surface area contributed by atoms with Crippen LogP contribution < -0.4 is 15.0 Å². The van der Waals surface area contributed by atoms with Crippen molar-refractivity contribution in [1.82, 2.24) is 5.32 Å². The van der Waals surface area contributed by atoms with Gasteiger partial charge in [-0.15, -0.1) is 0 Å². The van der Waals surface area contributed by atoms with Crippen LogP contribution in [0.2, 0.25) is 5.02 Å². The van der Waals surface area contributed by atoms with E-state index in [-0.39, 0.29) is 11.8 Å². The number of anilines is 1. The molecule has 4 rings (SSSR count). The third kappa shape index (κ3) is 3.91. The average molecular weight is 409 g/mol. The largest absolute Gasteiger partial charge is 0.494 e. The minimum atomic E-state index is -0.692. The van der Waals surface area contributed by atoms with Gasteiger partial charge < -0.3 is 15.0 Å². The number of nitrogens with one attached hydrogen (secondary N) is 1. The number of hydrogen-bond donors (Lipinski definition) is 1. The van der Waals surface area contributed by atoms with Crippen LogP contribution in [0.1, 0.15) is 24.9 Å². The van der Waals surface area contributed by atoms with Crippen LogP contribution in [0.5, 0.6) is 5.75 Å². The van der Waals surface area contributed by atoms with Crippen molar-refractivity contribution in [2.75, 3.05) is 18.1 Å². The van der Waals surface area contributed by atoms with E-state index >= 15 is 0 Å². The number of para-hydroxylation sites is 1. The van der Waals surface area contributed by atoms with Crippen LogP contribution in [0.4, 0.5) is 5.69 Å². The first-order valence-corrected chi connectivity index (χ1v) is 9.91. The SMILES string of the molecule is CC(=O)NC1C(=O)N(CCCOc2ccc3ccccc3c2)c2c(Cl)cccc21. The molecule has 2 amide bonds. The lowest BCUT2D eigenvalue weighted by Gasteiger charge is -2.19. The van der Waals surface area contributed by atoms with E-state index in [9.17, 15) is 9.59 Å². The topological polar surface area (TPSA) is 58.6 Å². The molecule has 1 aliphatic heterocycles. The molecule has 148 valence electrons. The lowest BCUT2D eigenvalue weighted by atomic mass is 10.1. The van der Waals surface area contributed by atoms with E-state index in [0.29, 0.717) is 30.3 Å². The molecule has 0 spiro atoms. The van der Waals surface area contributed by atoms with Crippen molar-refractivity contribution < 1.29 is 14.3 Å². The zero-order valence-electron chi connectivity index (χ0n) is 16.0. The standard InChI is InChI=1S/C23H21ClN2O3/c1-15(27)25-21-19-8-4-9-20(24)22(19)26(23(21)28)12-5-13-29-18-11-10-16-6-2-3-7-17(16)14-18/h2-4,6-11,14,21H,5,12-13H2,1H3,(H,25,27). The second kappa shape index (κ2) is 8.13. The summed E-state index contributed by atoms with van der Waals surface area (Å²) in [6, 6.07) is 18.8. The minimum absolute atomic E-state index is 0.172. The van der Waals surface area contributed by atoms with Gasteiger partial charge in [-0.2, -0.15) is 0 Å². The smallest absolute Gasteiger partial charge is 0.254 e. The molecule has 1 heterocycles. The molecule has 0 bridgehead atoms. The first-order valence-electron chi connectivity index (χ1n) is 9.53. The Kier molecular flexibility index (Phi) is 5.41. The van der Waals surface area contributed by atoms with Crippen molar-refractivity contribution in [2.24, 2.45) is 0 Å². The van der Waals surface area contributed by atoms with Gasteiger partial charge in [0.05, 0.1) is 17.3 Å². The zero-order chi connectivity index (χ0) is 20.4. The number of nitrogens with zero attached hydrogens (tertiary/aromatic N) is 1. The van der Waals surface area contributed by atoms with Crippen LogP contribution in [-0.2, 0) is 9.59 Å². The van der Waals surface area contributed by atoms with Gasteiger partial charge in [-0.1, -0.05) is 54.1 Å². The number of carbonyl (C=O) groups is 2. The Morgan fingerprint density at radius 1 is 1.10 bits per heavy atom. The maximum Gasteiger partial charge on any atom is 0.254 e. The number of hydrogen-bond acceptors (Lipinski definition) is 3. The summed E-state index contributed by atoms with van der Waals surface area (Å²) in [5.74, 6) is 0.371. The summed E-state index contributed by atoms with van der Waals surface area (Å²) >= 11 is 6.36. The first-order chi connectivity index (χ1) is 14.0. The molecule has 3 aromatic rings. The monoisotopic (exact) mass is 408 g/mol. The number of halogens is 1. The van der Waals surface area contributed by atoms with E-state index in [1.54, 1.807) is 17.0 Å². The summed E-state index contributed by atoms with van der Waals surface area (Å²) in [5, 5.41) is 5.51. The third-order valence-corrected chi connectivity index (χ3v) is 5.28. The van der Waals surface area contributed by atoms with E-state index in [2.05, 4.69) is 11.4 Å². The Hall–Kier alpha value is -3.05. The number of ether oxygens (including phenoxy) is 1. The van der Waals surface area contributed by atoms with E-state index in [1.165, 1.54) is 6.92 Å². The maximum absolute atomic E-state index is 12.9. The van der Waals surface area contributed by atoms with Crippen molar-refractivity contribution in [3.05, 3.63) is 71.2 Å². The highest BCUT2D eigenvalue weighted by Gasteiger charge is 2.38. The highest BCUT2D eigenvalue weighted by Crippen LogP contribution is 2.41. The van der Waals surface area contributed by atoms with Gasteiger partial charge in [-0.25, -0.2) is 0 Å². The fourth-order valence-electron chi connectivity index (χ4n) is 3.68. The highest BCUT2D eigenvalue weighted by molar-refractivity contribution is 6.34. The molecular formula is C23H21ClN2O3. The molecule has 6 heteroatoms. The molecule has 0 fully saturated rings. The van der Waals surface area contributed by atoms with Gasteiger partial charge >= 0.3 is 0 Å². The van der Waals surface area contributed by atoms with Crippen molar-refractivity contribution in [1.29, 1.82) is 0 Å². The van der Waals surface area contributed by atoms with Crippen LogP contribution in [0.25, 0.3) is 10.8 Å². The molecule has 1 aliphatic rings. The second-order valence-electron chi connectivity index (χ2n) is 7.01. The fourth-order valence-corrected chi connectivity index (χ4v) is 3.97. The van der Waals surface area contributed by atoms with Gasteiger partial charge in [-0.05, 0) is 35.4 Å². The lowest BCUT2D eigenvalue weighted by molar-refractivity contribution is -0.126. The molecule has 0 radical (unpaired) electrons. The van der Waals surface area contributed by atoms with Gasteiger partial charge in [0.15, 0.2) is 0 Å². The lowest BCUT2D eigenvalue weighted by Crippen LogP contribution is -2.37. The van der Waals surface area contributed by atoms with Crippen LogP contribution in [0.15, 0.2) is 60.7 Å². The summed E-state index contributed by atoms with van der Waals surface area (Å²) in [4.78, 5) is 26.0. The summed E-state index contributed by atoms with van der Waals surface area (Å²) in [5.41, 5.74) is 1.40. The molecule has 1 unspecified atom stereocenters. The Labute approximate surface area is 174 Å². The quantitative estimate of drug-likeness (QED) is 0.611. The van der Waals surface area contributed by atoms with Gasteiger partial charge in [0.1, 0.15) is 11.8 Å². The molecule has 1 atom stereocenters. The van der Waals surface area contributed by atoms with Crippen LogP contribution >= 0.6 is 11.6 Å². The molecule has 0 aliphatic carbocycles. The minimum Gasteiger partial charge on any atom is -0.494 e. The number of benzene rings is 3. The first kappa shape index (κ1) is 19.3. The maximum atomic E-state index is 12.9. The third-order valence-electron chi connectivity index (χ3n) is 4.98. The van der Waals surface area contributed by atoms with E-state index in [4.69, 9.17) is 16.3 Å². The van der Waals surface area contributed by atoms with Gasteiger partial charge in [-0.3, -0.25) is 9.59 Å². The summed E-state index contributed by atoms with van der Waals surface area (Å²) < 4.78 is 5.88. The van der Waals surface area contributed by atoms with Crippen molar-refractivity contribution in [3.63, 3.8) is 0 Å². The van der Waals surface area contributed by atoms with Crippen LogP contribution in [0.3, 0.4) is 0 Å². The number of carbonyl (C=O) groups excluding carboxylic acids is 2. The number of rotatable bonds is 6. The second-order valence-corrected chi connectivity index (χ2v) is 7.42. The summed E-state index contributed by atoms with van der Waals surface area (Å²) in [6.07, 6.45) is 0.635. The van der Waals surface area contributed by atoms with E-state index in [0.717, 1.165) is 22.1 Å². The molecule has 29 heavy (non-hydrogen) atoms. The molecule has 1 N–H and O–H groups in total. The van der Waals surface area contributed by atoms with Gasteiger partial charge in [0.2, 0.25) is 5.91 Å². The molecular weight excluding hydrogens is 388 g/mol. The van der Waals surface area contributed by atoms with Gasteiger partial charge in [0.25, 0.3) is 5.91 Å². The Morgan fingerprint density at radius 3 is 2.69 bits per heavy atom. The predicted molar refractivity (Wildman–Crippen MR) is 114 cm³/mol. The zero-order valence-corrected chi connectivity index (χ0v) is 16.8. The molecule has 0 saturated heterocycles.